The van der Waals surface area contributed by atoms with Gasteiger partial charge in [-0.2, -0.15) is 0 Å². The summed E-state index contributed by atoms with van der Waals surface area (Å²) in [7, 11) is 0. The van der Waals surface area contributed by atoms with Crippen molar-refractivity contribution in [3.05, 3.63) is 48.0 Å². The predicted octanol–water partition coefficient (Wildman–Crippen LogP) is 2.02. The summed E-state index contributed by atoms with van der Waals surface area (Å²) < 4.78 is 0. The normalized spacial score (nSPS) is 20.4. The fraction of sp³-hybridized carbons (Fsp3) is 0.385. The van der Waals surface area contributed by atoms with E-state index in [1.54, 1.807) is 0 Å². The van der Waals surface area contributed by atoms with E-state index in [9.17, 15) is 5.11 Å². The van der Waals surface area contributed by atoms with Crippen molar-refractivity contribution in [2.75, 3.05) is 6.61 Å². The predicted molar refractivity (Wildman–Crippen MR) is 61.3 cm³/mol. The zero-order valence-electron chi connectivity index (χ0n) is 8.76. The topological polar surface area (TPSA) is 46.2 Å². The molecule has 2 nitrogen and oxygen atoms in total. The first-order chi connectivity index (χ1) is 7.28. The van der Waals surface area contributed by atoms with Crippen LogP contribution >= 0.6 is 0 Å². The second-order valence-electron chi connectivity index (χ2n) is 4.29. The first-order valence-electron chi connectivity index (χ1n) is 5.35. The van der Waals surface area contributed by atoms with Crippen molar-refractivity contribution in [1.29, 1.82) is 0 Å². The van der Waals surface area contributed by atoms with Crippen molar-refractivity contribution in [3.63, 3.8) is 0 Å². The highest BCUT2D eigenvalue weighted by Crippen LogP contribution is 2.42. The highest BCUT2D eigenvalue weighted by atomic mass is 16.3. The van der Waals surface area contributed by atoms with Crippen LogP contribution < -0.4 is 5.73 Å². The second-order valence-corrected chi connectivity index (χ2v) is 4.29. The number of allylic oxidation sites excluding steroid dienone is 2. The van der Waals surface area contributed by atoms with Crippen molar-refractivity contribution < 1.29 is 5.11 Å². The number of aliphatic hydroxyl groups excluding tert-OH is 1. The molecule has 80 valence electrons. The van der Waals surface area contributed by atoms with Crippen LogP contribution in [0.2, 0.25) is 0 Å². The molecule has 1 aliphatic rings. The number of rotatable bonds is 3. The minimum Gasteiger partial charge on any atom is -0.396 e. The zero-order valence-corrected chi connectivity index (χ0v) is 8.76. The molecule has 0 amide bonds. The minimum absolute atomic E-state index is 0.0845. The number of nitrogens with two attached hydrogens (primary N) is 1. The average Bonchev–Trinajstić information content (AvgIpc) is 2.79. The fourth-order valence-corrected chi connectivity index (χ4v) is 2.21. The van der Waals surface area contributed by atoms with E-state index in [2.05, 4.69) is 12.2 Å². The van der Waals surface area contributed by atoms with Crippen LogP contribution in [-0.2, 0) is 0 Å². The molecular formula is C13H17NO. The van der Waals surface area contributed by atoms with Gasteiger partial charge in [0.1, 0.15) is 0 Å². The molecule has 0 saturated carbocycles. The molecule has 1 aromatic rings. The Kier molecular flexibility index (Phi) is 2.89. The van der Waals surface area contributed by atoms with Gasteiger partial charge in [-0.1, -0.05) is 42.5 Å². The number of hydrogen-bond acceptors (Lipinski definition) is 2. The molecule has 0 bridgehead atoms. The van der Waals surface area contributed by atoms with Gasteiger partial charge in [0.15, 0.2) is 0 Å². The van der Waals surface area contributed by atoms with Crippen LogP contribution in [0.4, 0.5) is 0 Å². The van der Waals surface area contributed by atoms with E-state index in [4.69, 9.17) is 5.73 Å². The Morgan fingerprint density at radius 3 is 2.33 bits per heavy atom. The smallest absolute Gasteiger partial charge is 0.0511 e. The van der Waals surface area contributed by atoms with Gasteiger partial charge in [0.25, 0.3) is 0 Å². The van der Waals surface area contributed by atoms with Crippen molar-refractivity contribution >= 4 is 0 Å². The summed E-state index contributed by atoms with van der Waals surface area (Å²) in [4.78, 5) is 0. The van der Waals surface area contributed by atoms with Crippen LogP contribution in [-0.4, -0.2) is 11.7 Å². The lowest BCUT2D eigenvalue weighted by atomic mass is 9.76. The molecule has 3 N–H and O–H groups in total. The molecular weight excluding hydrogens is 186 g/mol. The lowest BCUT2D eigenvalue weighted by molar-refractivity contribution is 0.108. The van der Waals surface area contributed by atoms with Crippen molar-refractivity contribution in [2.24, 2.45) is 11.1 Å². The molecule has 2 rings (SSSR count). The third kappa shape index (κ3) is 1.83. The fourth-order valence-electron chi connectivity index (χ4n) is 2.21. The maximum absolute atomic E-state index is 9.53. The molecule has 0 aromatic heterocycles. The lowest BCUT2D eigenvalue weighted by Crippen LogP contribution is -2.35. The standard InChI is InChI=1S/C13H17NO/c14-12(11-6-2-1-3-7-11)13(10-15)8-4-5-9-13/h1-7,12,15H,8-10,14H2/t12-/m0/s1. The van der Waals surface area contributed by atoms with Crippen LogP contribution in [0.5, 0.6) is 0 Å². The van der Waals surface area contributed by atoms with E-state index in [-0.39, 0.29) is 18.1 Å². The molecule has 0 spiro atoms. The summed E-state index contributed by atoms with van der Waals surface area (Å²) in [5.41, 5.74) is 7.17. The van der Waals surface area contributed by atoms with Gasteiger partial charge in [-0.15, -0.1) is 0 Å². The van der Waals surface area contributed by atoms with E-state index in [0.717, 1.165) is 18.4 Å². The Morgan fingerprint density at radius 2 is 1.80 bits per heavy atom. The highest BCUT2D eigenvalue weighted by Gasteiger charge is 2.37. The minimum atomic E-state index is -0.179. The molecule has 15 heavy (non-hydrogen) atoms. The molecule has 2 heteroatoms. The van der Waals surface area contributed by atoms with Crippen LogP contribution in [0.15, 0.2) is 42.5 Å². The van der Waals surface area contributed by atoms with Gasteiger partial charge >= 0.3 is 0 Å². The Labute approximate surface area is 90.4 Å². The van der Waals surface area contributed by atoms with E-state index in [0.29, 0.717) is 0 Å². The number of aliphatic hydroxyl groups is 1. The Morgan fingerprint density at radius 1 is 1.20 bits per heavy atom. The quantitative estimate of drug-likeness (QED) is 0.738. The van der Waals surface area contributed by atoms with Gasteiger partial charge < -0.3 is 10.8 Å². The molecule has 0 radical (unpaired) electrons. The van der Waals surface area contributed by atoms with Gasteiger partial charge in [-0.3, -0.25) is 0 Å². The summed E-state index contributed by atoms with van der Waals surface area (Å²) in [6, 6.07) is 9.93. The summed E-state index contributed by atoms with van der Waals surface area (Å²) in [5.74, 6) is 0. The molecule has 1 aromatic carbocycles. The number of benzene rings is 1. The zero-order chi connectivity index (χ0) is 10.7. The Bertz CT molecular complexity index is 337. The molecule has 1 atom stereocenters. The van der Waals surface area contributed by atoms with Crippen molar-refractivity contribution in [3.8, 4) is 0 Å². The van der Waals surface area contributed by atoms with Gasteiger partial charge in [0.05, 0.1) is 6.61 Å². The van der Waals surface area contributed by atoms with Gasteiger partial charge in [0, 0.05) is 11.5 Å². The van der Waals surface area contributed by atoms with Crippen LogP contribution in [0.25, 0.3) is 0 Å². The molecule has 0 unspecified atom stereocenters. The third-order valence-electron chi connectivity index (χ3n) is 3.35. The van der Waals surface area contributed by atoms with Crippen LogP contribution in [0, 0.1) is 5.41 Å². The maximum Gasteiger partial charge on any atom is 0.0511 e. The Hall–Kier alpha value is -1.12. The molecule has 0 fully saturated rings. The monoisotopic (exact) mass is 203 g/mol. The SMILES string of the molecule is N[C@@H](c1ccccc1)C1(CO)CC=CC1. The molecule has 0 heterocycles. The number of hydrogen-bond donors (Lipinski definition) is 2. The van der Waals surface area contributed by atoms with E-state index >= 15 is 0 Å². The summed E-state index contributed by atoms with van der Waals surface area (Å²) >= 11 is 0. The van der Waals surface area contributed by atoms with Crippen LogP contribution in [0.3, 0.4) is 0 Å². The van der Waals surface area contributed by atoms with Gasteiger partial charge in [-0.25, -0.2) is 0 Å². The first kappa shape index (κ1) is 10.4. The summed E-state index contributed by atoms with van der Waals surface area (Å²) in [6.45, 7) is 0.149. The largest absolute Gasteiger partial charge is 0.396 e. The van der Waals surface area contributed by atoms with E-state index in [1.165, 1.54) is 0 Å². The van der Waals surface area contributed by atoms with E-state index in [1.807, 2.05) is 30.3 Å². The molecule has 0 aliphatic heterocycles. The first-order valence-corrected chi connectivity index (χ1v) is 5.35. The Balaban J connectivity index is 2.23. The molecule has 0 saturated heterocycles. The van der Waals surface area contributed by atoms with Crippen LogP contribution in [0.1, 0.15) is 24.4 Å². The average molecular weight is 203 g/mol. The van der Waals surface area contributed by atoms with Gasteiger partial charge in [-0.05, 0) is 18.4 Å². The highest BCUT2D eigenvalue weighted by molar-refractivity contribution is 5.23. The van der Waals surface area contributed by atoms with Crippen molar-refractivity contribution in [2.45, 2.75) is 18.9 Å². The second kappa shape index (κ2) is 4.17. The third-order valence-corrected chi connectivity index (χ3v) is 3.35. The molecule has 1 aliphatic carbocycles. The summed E-state index contributed by atoms with van der Waals surface area (Å²) in [5, 5.41) is 9.53. The van der Waals surface area contributed by atoms with Gasteiger partial charge in [0.2, 0.25) is 0 Å². The summed E-state index contributed by atoms with van der Waals surface area (Å²) in [6.07, 6.45) is 5.97. The lowest BCUT2D eigenvalue weighted by Gasteiger charge is -2.33. The van der Waals surface area contributed by atoms with Crippen molar-refractivity contribution in [1.82, 2.24) is 0 Å². The van der Waals surface area contributed by atoms with E-state index < -0.39 is 0 Å². The maximum atomic E-state index is 9.53.